The molecular formula is C24H19AsBrNO2. The monoisotopic (exact) mass is 507 g/mol. The number of non-ortho nitro benzene ring substituents is 1. The van der Waals surface area contributed by atoms with Crippen molar-refractivity contribution in [3.8, 4) is 0 Å². The third-order valence-corrected chi connectivity index (χ3v) is 13.9. The number of rotatable bonds is 5. The average molecular weight is 508 g/mol. The molecule has 4 aromatic rings. The molecule has 0 amide bonds. The minimum Gasteiger partial charge on any atom is -1.00 e. The van der Waals surface area contributed by atoms with Gasteiger partial charge >= 0.3 is 167 Å². The summed E-state index contributed by atoms with van der Waals surface area (Å²) >= 11 is -3.06. The number of benzene rings is 4. The standard InChI is InChI=1S/C24H19AsNO2.BrH/c27-26(28)24-18-16-23(17-19-24)25(20-10-4-1-5-11-20,21-12-6-2-7-13-21)22-14-8-3-9-15-22;/h1-19H;1H/q+1;/p-1. The molecule has 0 spiro atoms. The second-order valence-corrected chi connectivity index (χ2v) is 13.6. The normalized spacial score (nSPS) is 10.8. The Hall–Kier alpha value is -2.68. The number of nitrogens with zero attached hydrogens (tertiary/aromatic N) is 1. The predicted molar refractivity (Wildman–Crippen MR) is 117 cm³/mol. The first-order chi connectivity index (χ1) is 13.7. The molecule has 3 nitrogen and oxygen atoms in total. The van der Waals surface area contributed by atoms with E-state index in [9.17, 15) is 10.1 Å². The first-order valence-corrected chi connectivity index (χ1v) is 12.8. The molecule has 0 bridgehead atoms. The van der Waals surface area contributed by atoms with Gasteiger partial charge in [-0.3, -0.25) is 0 Å². The summed E-state index contributed by atoms with van der Waals surface area (Å²) in [6, 6.07) is 38.8. The Bertz CT molecular complexity index is 975. The van der Waals surface area contributed by atoms with Gasteiger partial charge in [-0.1, -0.05) is 0 Å². The van der Waals surface area contributed by atoms with Gasteiger partial charge in [0.15, 0.2) is 0 Å². The summed E-state index contributed by atoms with van der Waals surface area (Å²) < 4.78 is 5.01. The van der Waals surface area contributed by atoms with Crippen LogP contribution in [0.1, 0.15) is 0 Å². The van der Waals surface area contributed by atoms with Gasteiger partial charge in [0.05, 0.1) is 0 Å². The molecular weight excluding hydrogens is 489 g/mol. The van der Waals surface area contributed by atoms with E-state index in [1.165, 1.54) is 13.1 Å². The summed E-state index contributed by atoms with van der Waals surface area (Å²) in [6.07, 6.45) is 0. The van der Waals surface area contributed by atoms with E-state index in [-0.39, 0.29) is 27.6 Å². The van der Waals surface area contributed by atoms with Crippen molar-refractivity contribution in [2.75, 3.05) is 0 Å². The van der Waals surface area contributed by atoms with Gasteiger partial charge in [-0.05, 0) is 0 Å². The van der Waals surface area contributed by atoms with Crippen LogP contribution in [0.15, 0.2) is 115 Å². The largest absolute Gasteiger partial charge is 1.00 e. The van der Waals surface area contributed by atoms with Crippen molar-refractivity contribution in [3.63, 3.8) is 0 Å². The summed E-state index contributed by atoms with van der Waals surface area (Å²) in [4.78, 5) is 10.8. The van der Waals surface area contributed by atoms with Crippen LogP contribution in [0.4, 0.5) is 5.69 Å². The predicted octanol–water partition coefficient (Wildman–Crippen LogP) is -0.0238. The SMILES string of the molecule is O=[N+]([O-])c1ccc([As+](c2ccccc2)(c2ccccc2)c2ccccc2)cc1.[Br-]. The van der Waals surface area contributed by atoms with E-state index in [2.05, 4.69) is 72.8 Å². The Morgan fingerprint density at radius 2 is 0.828 bits per heavy atom. The molecule has 0 aliphatic carbocycles. The molecule has 4 rings (SSSR count). The van der Waals surface area contributed by atoms with Crippen LogP contribution in [-0.2, 0) is 0 Å². The van der Waals surface area contributed by atoms with E-state index >= 15 is 0 Å². The third-order valence-electron chi connectivity index (χ3n) is 4.88. The number of nitro groups is 1. The molecule has 0 atom stereocenters. The van der Waals surface area contributed by atoms with Crippen LogP contribution in [0.25, 0.3) is 0 Å². The summed E-state index contributed by atoms with van der Waals surface area (Å²) in [7, 11) is 0. The van der Waals surface area contributed by atoms with Crippen LogP contribution in [0.3, 0.4) is 0 Å². The van der Waals surface area contributed by atoms with Crippen LogP contribution >= 0.6 is 0 Å². The van der Waals surface area contributed by atoms with Gasteiger partial charge in [0.25, 0.3) is 0 Å². The summed E-state index contributed by atoms with van der Waals surface area (Å²) in [6.45, 7) is 0. The molecule has 4 aromatic carbocycles. The molecule has 0 fully saturated rings. The molecule has 0 saturated carbocycles. The van der Waals surface area contributed by atoms with Gasteiger partial charge in [0.2, 0.25) is 0 Å². The van der Waals surface area contributed by atoms with Crippen molar-refractivity contribution in [2.45, 2.75) is 0 Å². The molecule has 0 aliphatic heterocycles. The zero-order valence-corrected chi connectivity index (χ0v) is 19.0. The minimum atomic E-state index is -3.06. The number of hydrogen-bond donors (Lipinski definition) is 0. The Kier molecular flexibility index (Phi) is 6.68. The quantitative estimate of drug-likeness (QED) is 0.216. The maximum absolute atomic E-state index is 11.2. The first kappa shape index (κ1) is 21.0. The van der Waals surface area contributed by atoms with Crippen molar-refractivity contribution in [2.24, 2.45) is 0 Å². The zero-order chi connectivity index (χ0) is 19.4. The van der Waals surface area contributed by atoms with Gasteiger partial charge in [-0.2, -0.15) is 0 Å². The zero-order valence-electron chi connectivity index (χ0n) is 15.6. The van der Waals surface area contributed by atoms with Crippen molar-refractivity contribution >= 4 is 36.6 Å². The fraction of sp³-hybridized carbons (Fsp3) is 0. The molecule has 0 aromatic heterocycles. The smallest absolute Gasteiger partial charge is 1.00 e. The van der Waals surface area contributed by atoms with Crippen LogP contribution in [0.2, 0.25) is 0 Å². The minimum absolute atomic E-state index is 0. The Morgan fingerprint density at radius 1 is 0.517 bits per heavy atom. The van der Waals surface area contributed by atoms with Gasteiger partial charge in [0, 0.05) is 0 Å². The van der Waals surface area contributed by atoms with E-state index in [1.807, 2.05) is 30.3 Å². The van der Waals surface area contributed by atoms with Gasteiger partial charge in [-0.15, -0.1) is 0 Å². The molecule has 0 radical (unpaired) electrons. The average Bonchev–Trinajstić information content (AvgIpc) is 2.77. The van der Waals surface area contributed by atoms with Gasteiger partial charge < -0.3 is 17.0 Å². The molecule has 5 heteroatoms. The number of halogens is 1. The molecule has 0 saturated heterocycles. The molecule has 144 valence electrons. The number of hydrogen-bond acceptors (Lipinski definition) is 2. The Labute approximate surface area is 183 Å². The van der Waals surface area contributed by atoms with Gasteiger partial charge in [0.1, 0.15) is 0 Å². The second-order valence-electron chi connectivity index (χ2n) is 6.45. The molecule has 0 aliphatic rings. The third kappa shape index (κ3) is 3.91. The maximum atomic E-state index is 11.2. The van der Waals surface area contributed by atoms with Crippen LogP contribution < -0.4 is 34.4 Å². The van der Waals surface area contributed by atoms with Crippen molar-refractivity contribution < 1.29 is 21.9 Å². The van der Waals surface area contributed by atoms with Gasteiger partial charge in [-0.25, -0.2) is 0 Å². The van der Waals surface area contributed by atoms with E-state index in [4.69, 9.17) is 0 Å². The summed E-state index contributed by atoms with van der Waals surface area (Å²) in [5, 5.41) is 11.2. The van der Waals surface area contributed by atoms with E-state index in [1.54, 1.807) is 12.1 Å². The maximum Gasteiger partial charge on any atom is -1.00 e. The van der Waals surface area contributed by atoms with Crippen LogP contribution in [0, 0.1) is 10.1 Å². The fourth-order valence-corrected chi connectivity index (χ4v) is 12.5. The molecule has 0 unspecified atom stereocenters. The summed E-state index contributed by atoms with van der Waals surface area (Å²) in [5.41, 5.74) is 0.117. The Morgan fingerprint density at radius 3 is 1.14 bits per heavy atom. The fourth-order valence-electron chi connectivity index (χ4n) is 3.65. The van der Waals surface area contributed by atoms with Crippen molar-refractivity contribution in [1.82, 2.24) is 0 Å². The van der Waals surface area contributed by atoms with Crippen LogP contribution in [-0.4, -0.2) is 18.5 Å². The molecule has 0 heterocycles. The van der Waals surface area contributed by atoms with E-state index in [0.29, 0.717) is 0 Å². The van der Waals surface area contributed by atoms with Crippen molar-refractivity contribution in [1.29, 1.82) is 0 Å². The Balaban J connectivity index is 0.00000240. The summed E-state index contributed by atoms with van der Waals surface area (Å²) in [5.74, 6) is 0. The van der Waals surface area contributed by atoms with Crippen LogP contribution in [0.5, 0.6) is 0 Å². The van der Waals surface area contributed by atoms with E-state index < -0.39 is 13.6 Å². The first-order valence-electron chi connectivity index (χ1n) is 9.04. The number of nitro benzene ring substituents is 1. The molecule has 0 N–H and O–H groups in total. The van der Waals surface area contributed by atoms with E-state index in [0.717, 1.165) is 4.35 Å². The topological polar surface area (TPSA) is 43.1 Å². The second kappa shape index (κ2) is 9.21. The molecule has 29 heavy (non-hydrogen) atoms. The van der Waals surface area contributed by atoms with Crippen molar-refractivity contribution in [3.05, 3.63) is 125 Å².